The van der Waals surface area contributed by atoms with Crippen molar-refractivity contribution < 1.29 is 4.74 Å². The molecule has 0 aromatic carbocycles. The Balaban J connectivity index is 2.57. The summed E-state index contributed by atoms with van der Waals surface area (Å²) in [6.45, 7) is 7.49. The molecule has 2 atom stereocenters. The Bertz CT molecular complexity index is 218. The minimum atomic E-state index is -0.00731. The van der Waals surface area contributed by atoms with Gasteiger partial charge in [-0.1, -0.05) is 58.8 Å². The molecule has 0 aliphatic heterocycles. The van der Waals surface area contributed by atoms with Crippen molar-refractivity contribution in [1.82, 2.24) is 0 Å². The highest BCUT2D eigenvalue weighted by atomic mass is 16.5. The second-order valence-corrected chi connectivity index (χ2v) is 6.32. The summed E-state index contributed by atoms with van der Waals surface area (Å²) >= 11 is 0. The molecule has 114 valence electrons. The number of hydrogen-bond acceptors (Lipinski definition) is 2. The first kappa shape index (κ1) is 17.0. The molecule has 1 rings (SSSR count). The van der Waals surface area contributed by atoms with E-state index in [4.69, 9.17) is 10.5 Å². The van der Waals surface area contributed by atoms with Crippen LogP contribution in [0.2, 0.25) is 0 Å². The zero-order valence-electron chi connectivity index (χ0n) is 13.4. The van der Waals surface area contributed by atoms with Gasteiger partial charge in [-0.15, -0.1) is 0 Å². The van der Waals surface area contributed by atoms with Crippen LogP contribution in [0, 0.1) is 5.92 Å². The molecule has 2 unspecified atom stereocenters. The van der Waals surface area contributed by atoms with Gasteiger partial charge in [-0.3, -0.25) is 0 Å². The fraction of sp³-hybridized carbons (Fsp3) is 1.00. The summed E-state index contributed by atoms with van der Waals surface area (Å²) in [6.07, 6.45) is 12.7. The van der Waals surface area contributed by atoms with Crippen LogP contribution in [0.5, 0.6) is 0 Å². The van der Waals surface area contributed by atoms with Gasteiger partial charge in [0.1, 0.15) is 0 Å². The average Bonchev–Trinajstić information content (AvgIpc) is 2.44. The summed E-state index contributed by atoms with van der Waals surface area (Å²) in [5, 5.41) is 0. The summed E-state index contributed by atoms with van der Waals surface area (Å²) in [7, 11) is 0. The van der Waals surface area contributed by atoms with Gasteiger partial charge in [0, 0.05) is 12.6 Å². The molecule has 2 N–H and O–H groups in total. The average molecular weight is 269 g/mol. The molecule has 1 saturated carbocycles. The molecule has 0 saturated heterocycles. The monoisotopic (exact) mass is 269 g/mol. The van der Waals surface area contributed by atoms with E-state index in [2.05, 4.69) is 20.8 Å². The highest BCUT2D eigenvalue weighted by Crippen LogP contribution is 2.36. The Labute approximate surface area is 120 Å². The van der Waals surface area contributed by atoms with Crippen molar-refractivity contribution in [3.63, 3.8) is 0 Å². The summed E-state index contributed by atoms with van der Waals surface area (Å²) in [5.74, 6) is 0.786. The van der Waals surface area contributed by atoms with Gasteiger partial charge in [-0.05, 0) is 32.1 Å². The predicted molar refractivity (Wildman–Crippen MR) is 83.3 cm³/mol. The van der Waals surface area contributed by atoms with E-state index >= 15 is 0 Å². The van der Waals surface area contributed by atoms with Gasteiger partial charge < -0.3 is 10.5 Å². The van der Waals surface area contributed by atoms with E-state index in [0.717, 1.165) is 18.9 Å². The van der Waals surface area contributed by atoms with Crippen LogP contribution in [0.1, 0.15) is 85.0 Å². The summed E-state index contributed by atoms with van der Waals surface area (Å²) in [6, 6.07) is 0.231. The molecule has 0 spiro atoms. The lowest BCUT2D eigenvalue weighted by atomic mass is 9.75. The second-order valence-electron chi connectivity index (χ2n) is 6.32. The molecule has 2 heteroatoms. The first-order valence-corrected chi connectivity index (χ1v) is 8.58. The highest BCUT2D eigenvalue weighted by Gasteiger charge is 2.39. The van der Waals surface area contributed by atoms with Gasteiger partial charge in [0.25, 0.3) is 0 Å². The van der Waals surface area contributed by atoms with Gasteiger partial charge in [-0.2, -0.15) is 0 Å². The summed E-state index contributed by atoms with van der Waals surface area (Å²) in [4.78, 5) is 0. The van der Waals surface area contributed by atoms with Crippen molar-refractivity contribution in [2.45, 2.75) is 96.6 Å². The van der Waals surface area contributed by atoms with Crippen LogP contribution < -0.4 is 5.73 Å². The van der Waals surface area contributed by atoms with Crippen molar-refractivity contribution in [3.05, 3.63) is 0 Å². The Kier molecular flexibility index (Phi) is 8.01. The second kappa shape index (κ2) is 8.97. The molecular weight excluding hydrogens is 234 g/mol. The van der Waals surface area contributed by atoms with Crippen LogP contribution in [-0.4, -0.2) is 18.2 Å². The van der Waals surface area contributed by atoms with Crippen LogP contribution >= 0.6 is 0 Å². The van der Waals surface area contributed by atoms with Crippen molar-refractivity contribution in [2.75, 3.05) is 6.61 Å². The smallest absolute Gasteiger partial charge is 0.0832 e. The fourth-order valence-corrected chi connectivity index (χ4v) is 3.62. The molecule has 0 amide bonds. The summed E-state index contributed by atoms with van der Waals surface area (Å²) < 4.78 is 6.16. The van der Waals surface area contributed by atoms with Crippen molar-refractivity contribution in [2.24, 2.45) is 11.7 Å². The molecule has 2 nitrogen and oxygen atoms in total. The van der Waals surface area contributed by atoms with E-state index in [-0.39, 0.29) is 11.6 Å². The molecule has 1 aliphatic rings. The maximum absolute atomic E-state index is 6.59. The number of ether oxygens (including phenoxy) is 1. The Hall–Kier alpha value is -0.0800. The Morgan fingerprint density at radius 1 is 1.11 bits per heavy atom. The van der Waals surface area contributed by atoms with Crippen molar-refractivity contribution in [1.29, 1.82) is 0 Å². The Morgan fingerprint density at radius 3 is 2.32 bits per heavy atom. The molecule has 0 bridgehead atoms. The van der Waals surface area contributed by atoms with Gasteiger partial charge in [-0.25, -0.2) is 0 Å². The number of rotatable bonds is 9. The first-order chi connectivity index (χ1) is 9.18. The minimum Gasteiger partial charge on any atom is -0.374 e. The van der Waals surface area contributed by atoms with Crippen LogP contribution in [0.15, 0.2) is 0 Å². The zero-order valence-corrected chi connectivity index (χ0v) is 13.4. The molecule has 19 heavy (non-hydrogen) atoms. The number of nitrogens with two attached hydrogens (primary N) is 1. The molecule has 0 aromatic heterocycles. The third-order valence-electron chi connectivity index (χ3n) is 4.94. The molecule has 1 aliphatic carbocycles. The quantitative estimate of drug-likeness (QED) is 0.660. The van der Waals surface area contributed by atoms with Crippen LogP contribution in [0.3, 0.4) is 0 Å². The van der Waals surface area contributed by atoms with E-state index in [1.807, 2.05) is 0 Å². The normalized spacial score (nSPS) is 22.1. The van der Waals surface area contributed by atoms with Gasteiger partial charge >= 0.3 is 0 Å². The van der Waals surface area contributed by atoms with E-state index in [0.29, 0.717) is 0 Å². The minimum absolute atomic E-state index is 0.00731. The zero-order chi connectivity index (χ0) is 14.1. The first-order valence-electron chi connectivity index (χ1n) is 8.58. The van der Waals surface area contributed by atoms with Crippen molar-refractivity contribution in [3.8, 4) is 0 Å². The number of unbranched alkanes of at least 4 members (excludes halogenated alkanes) is 1. The predicted octanol–water partition coefficient (Wildman–Crippen LogP) is 4.66. The lowest BCUT2D eigenvalue weighted by molar-refractivity contribution is -0.0862. The van der Waals surface area contributed by atoms with Crippen LogP contribution in [-0.2, 0) is 4.74 Å². The maximum Gasteiger partial charge on any atom is 0.0832 e. The van der Waals surface area contributed by atoms with Gasteiger partial charge in [0.2, 0.25) is 0 Å². The van der Waals surface area contributed by atoms with E-state index < -0.39 is 0 Å². The largest absolute Gasteiger partial charge is 0.374 e. The van der Waals surface area contributed by atoms with E-state index in [1.165, 1.54) is 57.8 Å². The highest BCUT2D eigenvalue weighted by molar-refractivity contribution is 4.94. The van der Waals surface area contributed by atoms with E-state index in [1.54, 1.807) is 0 Å². The SMILES string of the molecule is CCCCC(CC)CC(N)C1(OCC)CCCCC1. The molecule has 1 fully saturated rings. The van der Waals surface area contributed by atoms with Crippen LogP contribution in [0.4, 0.5) is 0 Å². The fourth-order valence-electron chi connectivity index (χ4n) is 3.62. The maximum atomic E-state index is 6.59. The summed E-state index contributed by atoms with van der Waals surface area (Å²) in [5.41, 5.74) is 6.59. The van der Waals surface area contributed by atoms with Gasteiger partial charge in [0.05, 0.1) is 5.60 Å². The molecule has 0 heterocycles. The van der Waals surface area contributed by atoms with Crippen molar-refractivity contribution >= 4 is 0 Å². The molecular formula is C17H35NO. The Morgan fingerprint density at radius 2 is 1.79 bits per heavy atom. The molecule has 0 aromatic rings. The topological polar surface area (TPSA) is 35.2 Å². The lowest BCUT2D eigenvalue weighted by Gasteiger charge is -2.42. The van der Waals surface area contributed by atoms with E-state index in [9.17, 15) is 0 Å². The van der Waals surface area contributed by atoms with Crippen LogP contribution in [0.25, 0.3) is 0 Å². The lowest BCUT2D eigenvalue weighted by Crippen LogP contribution is -2.52. The molecule has 0 radical (unpaired) electrons. The number of hydrogen-bond donors (Lipinski definition) is 1. The third kappa shape index (κ3) is 5.07. The standard InChI is InChI=1S/C17H35NO/c1-4-7-11-15(5-2)14-16(18)17(19-6-3)12-9-8-10-13-17/h15-16H,4-14,18H2,1-3H3. The van der Waals surface area contributed by atoms with Gasteiger partial charge in [0.15, 0.2) is 0 Å². The third-order valence-corrected chi connectivity index (χ3v) is 4.94.